The van der Waals surface area contributed by atoms with Gasteiger partial charge in [0, 0.05) is 12.5 Å². The van der Waals surface area contributed by atoms with Gasteiger partial charge in [0.1, 0.15) is 5.78 Å². The van der Waals surface area contributed by atoms with Crippen molar-refractivity contribution in [3.63, 3.8) is 0 Å². The smallest absolute Gasteiger partial charge is 0.149 e. The summed E-state index contributed by atoms with van der Waals surface area (Å²) in [7, 11) is 0. The van der Waals surface area contributed by atoms with Crippen molar-refractivity contribution in [2.45, 2.75) is 70.9 Å². The molecule has 2 nitrogen and oxygen atoms in total. The van der Waals surface area contributed by atoms with Gasteiger partial charge < -0.3 is 0 Å². The van der Waals surface area contributed by atoms with Gasteiger partial charge in [0.25, 0.3) is 0 Å². The lowest BCUT2D eigenvalue weighted by Gasteiger charge is -2.40. The van der Waals surface area contributed by atoms with Crippen molar-refractivity contribution >= 4 is 5.78 Å². The first-order valence-corrected chi connectivity index (χ1v) is 6.97. The standard InChI is InChI=1S/C14H25NO/c1-11-8-9-15(12(2)10-11)13-6-4-3-5-7-14(13)16/h11-13H,3-10H2,1-2H3. The second-order valence-electron chi connectivity index (χ2n) is 5.80. The van der Waals surface area contributed by atoms with Crippen molar-refractivity contribution in [2.24, 2.45) is 5.92 Å². The van der Waals surface area contributed by atoms with Crippen LogP contribution in [0.2, 0.25) is 0 Å². The average Bonchev–Trinajstić information content (AvgIpc) is 2.44. The molecule has 1 aliphatic carbocycles. The summed E-state index contributed by atoms with van der Waals surface area (Å²) in [5.41, 5.74) is 0. The summed E-state index contributed by atoms with van der Waals surface area (Å²) < 4.78 is 0. The van der Waals surface area contributed by atoms with E-state index < -0.39 is 0 Å². The monoisotopic (exact) mass is 223 g/mol. The second-order valence-corrected chi connectivity index (χ2v) is 5.80. The first-order chi connectivity index (χ1) is 7.68. The molecule has 1 heterocycles. The van der Waals surface area contributed by atoms with Crippen LogP contribution in [0, 0.1) is 5.92 Å². The van der Waals surface area contributed by atoms with Crippen molar-refractivity contribution < 1.29 is 4.79 Å². The molecule has 2 fully saturated rings. The zero-order valence-corrected chi connectivity index (χ0v) is 10.7. The summed E-state index contributed by atoms with van der Waals surface area (Å²) in [6.07, 6.45) is 8.09. The maximum absolute atomic E-state index is 12.1. The van der Waals surface area contributed by atoms with Crippen molar-refractivity contribution in [2.75, 3.05) is 6.54 Å². The Morgan fingerprint density at radius 1 is 1.12 bits per heavy atom. The number of piperidine rings is 1. The van der Waals surface area contributed by atoms with Crippen molar-refractivity contribution in [1.29, 1.82) is 0 Å². The van der Waals surface area contributed by atoms with Crippen LogP contribution in [-0.4, -0.2) is 29.3 Å². The van der Waals surface area contributed by atoms with Crippen molar-refractivity contribution in [3.8, 4) is 0 Å². The summed E-state index contributed by atoms with van der Waals surface area (Å²) >= 11 is 0. The zero-order chi connectivity index (χ0) is 11.5. The molecule has 0 spiro atoms. The van der Waals surface area contributed by atoms with Gasteiger partial charge in [-0.25, -0.2) is 0 Å². The zero-order valence-electron chi connectivity index (χ0n) is 10.7. The molecule has 2 rings (SSSR count). The molecule has 92 valence electrons. The van der Waals surface area contributed by atoms with E-state index in [1.165, 1.54) is 25.7 Å². The SMILES string of the molecule is CC1CCN(C2CCCCCC2=O)C(C)C1. The molecule has 1 saturated heterocycles. The van der Waals surface area contributed by atoms with Gasteiger partial charge in [0.2, 0.25) is 0 Å². The molecule has 0 aromatic rings. The number of likely N-dealkylation sites (tertiary alicyclic amines) is 1. The molecule has 1 saturated carbocycles. The van der Waals surface area contributed by atoms with Gasteiger partial charge in [-0.3, -0.25) is 9.69 Å². The first kappa shape index (κ1) is 12.1. The lowest BCUT2D eigenvalue weighted by atomic mass is 9.90. The molecule has 2 aliphatic rings. The van der Waals surface area contributed by atoms with Crippen LogP contribution in [0.15, 0.2) is 0 Å². The van der Waals surface area contributed by atoms with E-state index >= 15 is 0 Å². The molecule has 3 atom stereocenters. The van der Waals surface area contributed by atoms with E-state index in [9.17, 15) is 4.79 Å². The summed E-state index contributed by atoms with van der Waals surface area (Å²) in [6, 6.07) is 0.862. The molecule has 16 heavy (non-hydrogen) atoms. The van der Waals surface area contributed by atoms with Gasteiger partial charge in [-0.15, -0.1) is 0 Å². The highest BCUT2D eigenvalue weighted by Gasteiger charge is 2.32. The Morgan fingerprint density at radius 2 is 1.94 bits per heavy atom. The number of rotatable bonds is 1. The Hall–Kier alpha value is -0.370. The number of nitrogens with zero attached hydrogens (tertiary/aromatic N) is 1. The molecule has 3 unspecified atom stereocenters. The van der Waals surface area contributed by atoms with Gasteiger partial charge in [-0.1, -0.05) is 19.8 Å². The van der Waals surface area contributed by atoms with E-state index in [4.69, 9.17) is 0 Å². The average molecular weight is 223 g/mol. The topological polar surface area (TPSA) is 20.3 Å². The number of carbonyl (C=O) groups is 1. The number of hydrogen-bond acceptors (Lipinski definition) is 2. The fraction of sp³-hybridized carbons (Fsp3) is 0.929. The fourth-order valence-corrected chi connectivity index (χ4v) is 3.38. The van der Waals surface area contributed by atoms with Gasteiger partial charge in [-0.2, -0.15) is 0 Å². The predicted octanol–water partition coefficient (Wildman–Crippen LogP) is 3.01. The van der Waals surface area contributed by atoms with Crippen LogP contribution in [0.1, 0.15) is 58.8 Å². The fourth-order valence-electron chi connectivity index (χ4n) is 3.38. The van der Waals surface area contributed by atoms with E-state index in [1.54, 1.807) is 0 Å². The quantitative estimate of drug-likeness (QED) is 0.637. The van der Waals surface area contributed by atoms with E-state index in [-0.39, 0.29) is 6.04 Å². The van der Waals surface area contributed by atoms with Crippen LogP contribution < -0.4 is 0 Å². The third kappa shape index (κ3) is 2.65. The van der Waals surface area contributed by atoms with Crippen LogP contribution >= 0.6 is 0 Å². The van der Waals surface area contributed by atoms with Crippen molar-refractivity contribution in [1.82, 2.24) is 4.90 Å². The third-order valence-electron chi connectivity index (χ3n) is 4.36. The van der Waals surface area contributed by atoms with Crippen LogP contribution in [0.25, 0.3) is 0 Å². The highest BCUT2D eigenvalue weighted by Crippen LogP contribution is 2.28. The predicted molar refractivity (Wildman–Crippen MR) is 66.4 cm³/mol. The van der Waals surface area contributed by atoms with E-state index in [2.05, 4.69) is 18.7 Å². The molecule has 0 amide bonds. The molecule has 0 aromatic carbocycles. The minimum atomic E-state index is 0.255. The van der Waals surface area contributed by atoms with Gasteiger partial charge in [0.05, 0.1) is 6.04 Å². The summed E-state index contributed by atoms with van der Waals surface area (Å²) in [4.78, 5) is 14.6. The summed E-state index contributed by atoms with van der Waals surface area (Å²) in [6.45, 7) is 5.77. The highest BCUT2D eigenvalue weighted by atomic mass is 16.1. The van der Waals surface area contributed by atoms with E-state index in [0.717, 1.165) is 31.7 Å². The highest BCUT2D eigenvalue weighted by molar-refractivity contribution is 5.84. The number of hydrogen-bond donors (Lipinski definition) is 0. The number of ketones is 1. The second kappa shape index (κ2) is 5.31. The van der Waals surface area contributed by atoms with Gasteiger partial charge in [-0.05, 0) is 45.1 Å². The molecule has 0 radical (unpaired) electrons. The molecule has 2 heteroatoms. The number of carbonyl (C=O) groups excluding carboxylic acids is 1. The third-order valence-corrected chi connectivity index (χ3v) is 4.36. The van der Waals surface area contributed by atoms with Crippen molar-refractivity contribution in [3.05, 3.63) is 0 Å². The molecule has 0 N–H and O–H groups in total. The van der Waals surface area contributed by atoms with Gasteiger partial charge in [0.15, 0.2) is 0 Å². The lowest BCUT2D eigenvalue weighted by Crippen LogP contribution is -2.49. The van der Waals surface area contributed by atoms with E-state index in [0.29, 0.717) is 11.8 Å². The Kier molecular flexibility index (Phi) is 4.01. The maximum Gasteiger partial charge on any atom is 0.149 e. The Bertz CT molecular complexity index is 251. The van der Waals surface area contributed by atoms with Crippen LogP contribution in [-0.2, 0) is 4.79 Å². The van der Waals surface area contributed by atoms with Gasteiger partial charge >= 0.3 is 0 Å². The maximum atomic E-state index is 12.1. The Labute approximate surface area is 99.4 Å². The van der Waals surface area contributed by atoms with Crippen LogP contribution in [0.5, 0.6) is 0 Å². The normalized spacial score (nSPS) is 38.4. The minimum absolute atomic E-state index is 0.255. The lowest BCUT2D eigenvalue weighted by molar-refractivity contribution is -0.125. The minimum Gasteiger partial charge on any atom is -0.298 e. The van der Waals surface area contributed by atoms with Crippen LogP contribution in [0.4, 0.5) is 0 Å². The van der Waals surface area contributed by atoms with E-state index in [1.807, 2.05) is 0 Å². The molecule has 0 bridgehead atoms. The Morgan fingerprint density at radius 3 is 2.69 bits per heavy atom. The molecular formula is C14H25NO. The molecule has 0 aromatic heterocycles. The first-order valence-electron chi connectivity index (χ1n) is 6.97. The Balaban J connectivity index is 2.01. The summed E-state index contributed by atoms with van der Waals surface area (Å²) in [5.74, 6) is 1.35. The largest absolute Gasteiger partial charge is 0.298 e. The number of Topliss-reactive ketones (excluding diaryl/α,β-unsaturated/α-hetero) is 1. The molecule has 1 aliphatic heterocycles. The van der Waals surface area contributed by atoms with Crippen LogP contribution in [0.3, 0.4) is 0 Å². The molecular weight excluding hydrogens is 198 g/mol. The summed E-state index contributed by atoms with van der Waals surface area (Å²) in [5, 5.41) is 0.